The van der Waals surface area contributed by atoms with Crippen LogP contribution in [0, 0.1) is 5.41 Å². The number of rotatable bonds is 9. The van der Waals surface area contributed by atoms with Crippen LogP contribution in [-0.2, 0) is 32.2 Å². The Morgan fingerprint density at radius 2 is 1.37 bits per heavy atom. The summed E-state index contributed by atoms with van der Waals surface area (Å²) in [7, 11) is 0. The Morgan fingerprint density at radius 1 is 0.776 bits per heavy atom. The van der Waals surface area contributed by atoms with Gasteiger partial charge in [-0.1, -0.05) is 54.6 Å². The highest BCUT2D eigenvalue weighted by Gasteiger charge is 2.51. The molecule has 0 saturated carbocycles. The highest BCUT2D eigenvalue weighted by atomic mass is 16.6. The van der Waals surface area contributed by atoms with Gasteiger partial charge >= 0.3 is 12.1 Å². The Kier molecular flexibility index (Phi) is 9.84. The number of carbonyl (C=O) groups is 5. The van der Waals surface area contributed by atoms with Crippen molar-refractivity contribution in [2.24, 2.45) is 5.41 Å². The fourth-order valence-electron chi connectivity index (χ4n) is 5.52. The number of anilines is 4. The number of ether oxygens (including phenoxy) is 1. The zero-order chi connectivity index (χ0) is 35.3. The van der Waals surface area contributed by atoms with Crippen molar-refractivity contribution in [3.05, 3.63) is 120 Å². The normalized spacial score (nSPS) is 16.0. The molecule has 1 aliphatic heterocycles. The number of nitrogens with zero attached hydrogens (tertiary/aromatic N) is 2. The third-order valence-electron chi connectivity index (χ3n) is 7.93. The Hall–Kier alpha value is -5.97. The van der Waals surface area contributed by atoms with Crippen LogP contribution in [0.25, 0.3) is 0 Å². The number of fused-ring (bicyclic) bond motifs is 1. The number of para-hydroxylation sites is 2. The van der Waals surface area contributed by atoms with Gasteiger partial charge in [-0.05, 0) is 87.4 Å². The van der Waals surface area contributed by atoms with Gasteiger partial charge in [0.05, 0.1) is 24.3 Å². The van der Waals surface area contributed by atoms with Gasteiger partial charge in [-0.25, -0.2) is 4.79 Å². The van der Waals surface area contributed by atoms with E-state index in [0.717, 1.165) is 5.56 Å². The number of hydrogen-bond donors (Lipinski definition) is 3. The SMILES string of the molecule is CC(C)(C)OC(=O)NCc1ccc(N2C(=O)C(C)(CC(=O)O)C(=O)N(Cc3ccc(NC(=O)c4ccccc4)cc3)c3ccccc32)cc1. The van der Waals surface area contributed by atoms with Crippen LogP contribution in [0.15, 0.2) is 103 Å². The van der Waals surface area contributed by atoms with E-state index in [1.807, 2.05) is 6.07 Å². The summed E-state index contributed by atoms with van der Waals surface area (Å²) >= 11 is 0. The molecule has 0 radical (unpaired) electrons. The van der Waals surface area contributed by atoms with Gasteiger partial charge in [0.15, 0.2) is 0 Å². The monoisotopic (exact) mass is 662 g/mol. The van der Waals surface area contributed by atoms with Gasteiger partial charge in [-0.2, -0.15) is 0 Å². The molecule has 5 rings (SSSR count). The third-order valence-corrected chi connectivity index (χ3v) is 7.93. The minimum absolute atomic E-state index is 0.0361. The van der Waals surface area contributed by atoms with E-state index < -0.39 is 41.3 Å². The van der Waals surface area contributed by atoms with Gasteiger partial charge in [0.25, 0.3) is 5.91 Å². The quantitative estimate of drug-likeness (QED) is 0.170. The zero-order valence-electron chi connectivity index (χ0n) is 27.7. The first-order valence-corrected chi connectivity index (χ1v) is 15.7. The molecule has 0 bridgehead atoms. The van der Waals surface area contributed by atoms with E-state index in [-0.39, 0.29) is 19.0 Å². The zero-order valence-corrected chi connectivity index (χ0v) is 27.7. The second kappa shape index (κ2) is 14.0. The van der Waals surface area contributed by atoms with Crippen LogP contribution >= 0.6 is 0 Å². The van der Waals surface area contributed by atoms with Crippen LogP contribution in [0.2, 0.25) is 0 Å². The molecule has 0 spiro atoms. The van der Waals surface area contributed by atoms with Gasteiger partial charge in [0.2, 0.25) is 11.8 Å². The summed E-state index contributed by atoms with van der Waals surface area (Å²) in [6, 6.07) is 29.5. The van der Waals surface area contributed by atoms with E-state index in [0.29, 0.717) is 33.9 Å². The molecule has 11 nitrogen and oxygen atoms in total. The van der Waals surface area contributed by atoms with E-state index >= 15 is 0 Å². The first-order valence-electron chi connectivity index (χ1n) is 15.7. The number of amides is 4. The van der Waals surface area contributed by atoms with Crippen molar-refractivity contribution in [3.63, 3.8) is 0 Å². The fraction of sp³-hybridized carbons (Fsp3) is 0.237. The second-order valence-electron chi connectivity index (χ2n) is 13.0. The number of aliphatic carboxylic acids is 1. The molecule has 1 unspecified atom stereocenters. The predicted molar refractivity (Wildman–Crippen MR) is 185 cm³/mol. The first-order chi connectivity index (χ1) is 23.2. The fourth-order valence-corrected chi connectivity index (χ4v) is 5.52. The molecule has 4 aromatic carbocycles. The molecule has 0 saturated heterocycles. The average Bonchev–Trinajstić information content (AvgIpc) is 3.12. The van der Waals surface area contributed by atoms with Crippen LogP contribution in [0.1, 0.15) is 55.6 Å². The van der Waals surface area contributed by atoms with Gasteiger partial charge in [0.1, 0.15) is 11.0 Å². The molecule has 0 fully saturated rings. The first kappa shape index (κ1) is 34.4. The maximum Gasteiger partial charge on any atom is 0.407 e. The van der Waals surface area contributed by atoms with E-state index in [1.54, 1.807) is 118 Å². The lowest BCUT2D eigenvalue weighted by Gasteiger charge is -2.31. The molecule has 1 aliphatic rings. The van der Waals surface area contributed by atoms with E-state index in [1.165, 1.54) is 16.7 Å². The number of carboxylic acids is 1. The van der Waals surface area contributed by atoms with Gasteiger partial charge in [0, 0.05) is 23.5 Å². The van der Waals surface area contributed by atoms with Crippen LogP contribution in [-0.4, -0.2) is 40.5 Å². The predicted octanol–water partition coefficient (Wildman–Crippen LogP) is 6.66. The van der Waals surface area contributed by atoms with E-state index in [9.17, 15) is 29.1 Å². The summed E-state index contributed by atoms with van der Waals surface area (Å²) in [6.45, 7) is 6.88. The largest absolute Gasteiger partial charge is 0.481 e. The molecular weight excluding hydrogens is 624 g/mol. The van der Waals surface area contributed by atoms with Crippen molar-refractivity contribution in [1.29, 1.82) is 0 Å². The molecular formula is C38H38N4O7. The lowest BCUT2D eigenvalue weighted by Crippen LogP contribution is -2.50. The highest BCUT2D eigenvalue weighted by molar-refractivity contribution is 6.23. The smallest absolute Gasteiger partial charge is 0.407 e. The number of alkyl carbamates (subject to hydrolysis) is 1. The maximum absolute atomic E-state index is 14.4. The Balaban J connectivity index is 1.45. The standard InChI is InChI=1S/C38H38N4O7/c1-37(2,3)49-36(48)39-23-25-16-20-29(21-17-25)42-31-13-9-8-12-30(31)41(34(46)38(4,35(42)47)22-32(43)44)24-26-14-18-28(19-15-26)40-33(45)27-10-6-5-7-11-27/h5-21H,22-24H2,1-4H3,(H,39,48)(H,40,45)(H,43,44). The summed E-state index contributed by atoms with van der Waals surface area (Å²) in [6.07, 6.45) is -1.30. The van der Waals surface area contributed by atoms with E-state index in [4.69, 9.17) is 4.74 Å². The third kappa shape index (κ3) is 7.95. The van der Waals surface area contributed by atoms with Crippen molar-refractivity contribution in [2.75, 3.05) is 15.1 Å². The van der Waals surface area contributed by atoms with Crippen molar-refractivity contribution in [3.8, 4) is 0 Å². The topological polar surface area (TPSA) is 145 Å². The van der Waals surface area contributed by atoms with Crippen molar-refractivity contribution in [1.82, 2.24) is 5.32 Å². The molecule has 11 heteroatoms. The molecule has 3 N–H and O–H groups in total. The van der Waals surface area contributed by atoms with E-state index in [2.05, 4.69) is 10.6 Å². The van der Waals surface area contributed by atoms with Crippen molar-refractivity contribution in [2.45, 2.75) is 52.8 Å². The minimum Gasteiger partial charge on any atom is -0.481 e. The van der Waals surface area contributed by atoms with Crippen molar-refractivity contribution < 1.29 is 33.8 Å². The lowest BCUT2D eigenvalue weighted by molar-refractivity contribution is -0.149. The number of carboxylic acid groups (broad SMARTS) is 1. The van der Waals surface area contributed by atoms with Gasteiger partial charge in [-0.15, -0.1) is 0 Å². The maximum atomic E-state index is 14.4. The average molecular weight is 663 g/mol. The summed E-state index contributed by atoms with van der Waals surface area (Å²) in [4.78, 5) is 68.4. The van der Waals surface area contributed by atoms with Gasteiger partial charge < -0.3 is 25.4 Å². The van der Waals surface area contributed by atoms with Crippen LogP contribution in [0.3, 0.4) is 0 Å². The van der Waals surface area contributed by atoms with Crippen LogP contribution < -0.4 is 20.4 Å². The van der Waals surface area contributed by atoms with Gasteiger partial charge in [-0.3, -0.25) is 24.1 Å². The number of carbonyl (C=O) groups excluding carboxylic acids is 4. The number of benzene rings is 4. The molecule has 49 heavy (non-hydrogen) atoms. The Morgan fingerprint density at radius 3 is 1.98 bits per heavy atom. The second-order valence-corrected chi connectivity index (χ2v) is 13.0. The summed E-state index contributed by atoms with van der Waals surface area (Å²) < 4.78 is 5.30. The molecule has 0 aromatic heterocycles. The number of nitrogens with one attached hydrogen (secondary N) is 2. The minimum atomic E-state index is -1.95. The molecule has 252 valence electrons. The molecule has 1 heterocycles. The molecule has 4 aromatic rings. The number of hydrogen-bond acceptors (Lipinski definition) is 6. The Labute approximate surface area is 284 Å². The van der Waals surface area contributed by atoms with Crippen LogP contribution in [0.4, 0.5) is 27.5 Å². The summed E-state index contributed by atoms with van der Waals surface area (Å²) in [5.41, 5.74) is 1.15. The molecule has 4 amide bonds. The molecule has 0 aliphatic carbocycles. The lowest BCUT2D eigenvalue weighted by atomic mass is 9.83. The van der Waals surface area contributed by atoms with Crippen molar-refractivity contribution >= 4 is 52.5 Å². The summed E-state index contributed by atoms with van der Waals surface area (Å²) in [5.74, 6) is -2.90. The Bertz CT molecular complexity index is 1870. The molecule has 1 atom stereocenters. The highest BCUT2D eigenvalue weighted by Crippen LogP contribution is 2.44. The summed E-state index contributed by atoms with van der Waals surface area (Å²) in [5, 5.41) is 15.4. The van der Waals surface area contributed by atoms with Crippen LogP contribution in [0.5, 0.6) is 0 Å².